The second-order valence-corrected chi connectivity index (χ2v) is 5.82. The molecule has 8 N–H and O–H groups in total. The van der Waals surface area contributed by atoms with Crippen LogP contribution in [0.5, 0.6) is 0 Å². The van der Waals surface area contributed by atoms with Gasteiger partial charge in [-0.25, -0.2) is 9.55 Å². The molecule has 1 aliphatic rings. The number of aliphatic hydroxyl groups is 2. The Morgan fingerprint density at radius 2 is 2.09 bits per heavy atom. The highest BCUT2D eigenvalue weighted by Crippen LogP contribution is 2.38. The summed E-state index contributed by atoms with van der Waals surface area (Å²) in [4.78, 5) is 32.3. The van der Waals surface area contributed by atoms with Crippen molar-refractivity contribution in [2.24, 2.45) is 5.73 Å². The van der Waals surface area contributed by atoms with Gasteiger partial charge >= 0.3 is 7.82 Å². The van der Waals surface area contributed by atoms with Gasteiger partial charge in [-0.15, -0.1) is 0 Å². The monoisotopic (exact) mass is 338 g/mol. The Morgan fingerprint density at radius 1 is 1.45 bits per heavy atom. The number of carbonyl (C=O) groups is 1. The second-order valence-electron chi connectivity index (χ2n) is 4.58. The first-order valence-corrected chi connectivity index (χ1v) is 7.48. The zero-order valence-corrected chi connectivity index (χ0v) is 11.9. The number of nitrogens with zero attached hydrogens (tertiary/aromatic N) is 2. The Kier molecular flexibility index (Phi) is 4.54. The number of nitrogens with two attached hydrogens (primary N) is 2. The standard InChI is InChI=1S/C9H15N4O8P/c10-7-4(8(11)16)13(2-12-7)9-6(15)5(14)3(21-9)1-20-22(17,18)19/h2-3,5-6,9,14-15H,1,10H2,(H2,11,16)(H2,17,18,19). The minimum atomic E-state index is -4.76. The van der Waals surface area contributed by atoms with Crippen molar-refractivity contribution in [2.75, 3.05) is 12.3 Å². The first kappa shape index (κ1) is 16.8. The van der Waals surface area contributed by atoms with Crippen molar-refractivity contribution in [3.63, 3.8) is 0 Å². The lowest BCUT2D eigenvalue weighted by Gasteiger charge is -2.17. The van der Waals surface area contributed by atoms with Crippen molar-refractivity contribution in [1.82, 2.24) is 9.55 Å². The van der Waals surface area contributed by atoms with Crippen LogP contribution >= 0.6 is 7.82 Å². The van der Waals surface area contributed by atoms with E-state index >= 15 is 0 Å². The van der Waals surface area contributed by atoms with Gasteiger partial charge in [0.15, 0.2) is 17.7 Å². The third-order valence-electron chi connectivity index (χ3n) is 3.07. The maximum atomic E-state index is 11.3. The van der Waals surface area contributed by atoms with E-state index in [1.807, 2.05) is 0 Å². The molecule has 4 atom stereocenters. The van der Waals surface area contributed by atoms with Gasteiger partial charge in [-0.2, -0.15) is 0 Å². The van der Waals surface area contributed by atoms with Gasteiger partial charge in [-0.3, -0.25) is 13.9 Å². The van der Waals surface area contributed by atoms with Gasteiger partial charge in [0.25, 0.3) is 5.91 Å². The van der Waals surface area contributed by atoms with E-state index in [0.717, 1.165) is 10.9 Å². The number of phosphoric acid groups is 1. The van der Waals surface area contributed by atoms with Crippen LogP contribution in [0.2, 0.25) is 0 Å². The molecule has 2 heterocycles. The number of aromatic nitrogens is 2. The number of carbonyl (C=O) groups excluding carboxylic acids is 1. The van der Waals surface area contributed by atoms with Crippen molar-refractivity contribution in [2.45, 2.75) is 24.5 Å². The molecule has 0 aromatic carbocycles. The Morgan fingerprint density at radius 3 is 2.64 bits per heavy atom. The number of anilines is 1. The number of ether oxygens (including phenoxy) is 1. The smallest absolute Gasteiger partial charge is 0.387 e. The minimum absolute atomic E-state index is 0.187. The van der Waals surface area contributed by atoms with Gasteiger partial charge in [0.2, 0.25) is 0 Å². The number of amides is 1. The van der Waals surface area contributed by atoms with Crippen LogP contribution in [-0.2, 0) is 13.8 Å². The fourth-order valence-corrected chi connectivity index (χ4v) is 2.43. The van der Waals surface area contributed by atoms with Crippen LogP contribution in [0.3, 0.4) is 0 Å². The fraction of sp³-hybridized carbons (Fsp3) is 0.556. The number of nitrogen functional groups attached to an aromatic ring is 1. The summed E-state index contributed by atoms with van der Waals surface area (Å²) in [5, 5.41) is 19.8. The van der Waals surface area contributed by atoms with Crippen LogP contribution in [-0.4, -0.2) is 60.4 Å². The van der Waals surface area contributed by atoms with Crippen molar-refractivity contribution in [3.8, 4) is 0 Å². The number of rotatable bonds is 5. The van der Waals surface area contributed by atoms with Gasteiger partial charge in [0, 0.05) is 0 Å². The van der Waals surface area contributed by atoms with Gasteiger partial charge in [0.05, 0.1) is 12.9 Å². The van der Waals surface area contributed by atoms with E-state index in [1.54, 1.807) is 0 Å². The van der Waals surface area contributed by atoms with Crippen LogP contribution in [0.25, 0.3) is 0 Å². The first-order valence-electron chi connectivity index (χ1n) is 5.95. The van der Waals surface area contributed by atoms with Gasteiger partial charge in [0.1, 0.15) is 18.3 Å². The zero-order chi connectivity index (χ0) is 16.7. The summed E-state index contributed by atoms with van der Waals surface area (Å²) in [5.41, 5.74) is 10.4. The first-order chi connectivity index (χ1) is 10.1. The van der Waals surface area contributed by atoms with Crippen molar-refractivity contribution < 1.29 is 38.6 Å². The number of imidazole rings is 1. The highest BCUT2D eigenvalue weighted by molar-refractivity contribution is 7.46. The summed E-state index contributed by atoms with van der Waals surface area (Å²) < 4.78 is 21.2. The summed E-state index contributed by atoms with van der Waals surface area (Å²) >= 11 is 0. The third-order valence-corrected chi connectivity index (χ3v) is 3.56. The molecular formula is C9H15N4O8P. The Labute approximate surface area is 123 Å². The Balaban J connectivity index is 2.20. The van der Waals surface area contributed by atoms with Crippen LogP contribution in [0, 0.1) is 0 Å². The Bertz CT molecular complexity index is 615. The van der Waals surface area contributed by atoms with Gasteiger partial charge in [-0.05, 0) is 0 Å². The number of primary amides is 1. The maximum absolute atomic E-state index is 11.3. The van der Waals surface area contributed by atoms with Crippen LogP contribution in [0.4, 0.5) is 5.82 Å². The molecule has 1 aromatic heterocycles. The van der Waals surface area contributed by atoms with E-state index < -0.39 is 44.9 Å². The molecule has 2 rings (SSSR count). The topological polar surface area (TPSA) is 203 Å². The lowest BCUT2D eigenvalue weighted by Crippen LogP contribution is -2.34. The number of phosphoric ester groups is 1. The molecule has 1 saturated heterocycles. The predicted molar refractivity (Wildman–Crippen MR) is 69.1 cm³/mol. The molecule has 0 spiro atoms. The summed E-state index contributed by atoms with van der Waals surface area (Å²) in [6.45, 7) is -0.672. The highest BCUT2D eigenvalue weighted by atomic mass is 31.2. The molecule has 0 aliphatic carbocycles. The quantitative estimate of drug-likeness (QED) is 0.306. The molecule has 1 fully saturated rings. The predicted octanol–water partition coefficient (Wildman–Crippen LogP) is -2.71. The molecule has 0 bridgehead atoms. The highest BCUT2D eigenvalue weighted by Gasteiger charge is 2.45. The largest absolute Gasteiger partial charge is 0.469 e. The molecule has 13 heteroatoms. The summed E-state index contributed by atoms with van der Waals surface area (Å²) in [6.07, 6.45) is -4.45. The molecule has 22 heavy (non-hydrogen) atoms. The summed E-state index contributed by atoms with van der Waals surface area (Å²) in [5.74, 6) is -1.11. The summed E-state index contributed by atoms with van der Waals surface area (Å²) in [6, 6.07) is 0. The van der Waals surface area contributed by atoms with Gasteiger partial charge < -0.3 is 36.2 Å². The number of hydrogen-bond acceptors (Lipinski definition) is 8. The number of aliphatic hydroxyl groups excluding tert-OH is 2. The average molecular weight is 338 g/mol. The lowest BCUT2D eigenvalue weighted by molar-refractivity contribution is -0.0526. The van der Waals surface area contributed by atoms with Gasteiger partial charge in [-0.1, -0.05) is 0 Å². The minimum Gasteiger partial charge on any atom is -0.387 e. The zero-order valence-electron chi connectivity index (χ0n) is 11.0. The van der Waals surface area contributed by atoms with E-state index in [0.29, 0.717) is 0 Å². The maximum Gasteiger partial charge on any atom is 0.469 e. The molecule has 1 aliphatic heterocycles. The molecule has 4 unspecified atom stereocenters. The normalized spacial score (nSPS) is 28.9. The second kappa shape index (κ2) is 5.93. The van der Waals surface area contributed by atoms with E-state index in [4.69, 9.17) is 26.0 Å². The van der Waals surface area contributed by atoms with Crippen molar-refractivity contribution >= 4 is 19.5 Å². The summed E-state index contributed by atoms with van der Waals surface area (Å²) in [7, 11) is -4.76. The van der Waals surface area contributed by atoms with Crippen molar-refractivity contribution in [3.05, 3.63) is 12.0 Å². The molecular weight excluding hydrogens is 323 g/mol. The van der Waals surface area contributed by atoms with Crippen LogP contribution in [0.15, 0.2) is 6.33 Å². The molecule has 0 radical (unpaired) electrons. The fourth-order valence-electron chi connectivity index (χ4n) is 2.09. The molecule has 1 aromatic rings. The molecule has 0 saturated carbocycles. The molecule has 1 amide bonds. The van der Waals surface area contributed by atoms with Crippen LogP contribution in [0.1, 0.15) is 16.7 Å². The lowest BCUT2D eigenvalue weighted by atomic mass is 10.1. The van der Waals surface area contributed by atoms with E-state index in [2.05, 4.69) is 9.51 Å². The third kappa shape index (κ3) is 3.28. The van der Waals surface area contributed by atoms with E-state index in [-0.39, 0.29) is 11.5 Å². The average Bonchev–Trinajstić information content (AvgIpc) is 2.89. The van der Waals surface area contributed by atoms with E-state index in [1.165, 1.54) is 0 Å². The van der Waals surface area contributed by atoms with Crippen molar-refractivity contribution in [1.29, 1.82) is 0 Å². The Hall–Kier alpha value is -1.53. The number of hydrogen-bond donors (Lipinski definition) is 6. The SMILES string of the molecule is NC(=O)c1c(N)ncn1C1OC(COP(=O)(O)O)C(O)C1O. The molecule has 12 nitrogen and oxygen atoms in total. The van der Waals surface area contributed by atoms with Crippen LogP contribution < -0.4 is 11.5 Å². The molecule has 124 valence electrons. The van der Waals surface area contributed by atoms with E-state index in [9.17, 15) is 19.6 Å².